The highest BCUT2D eigenvalue weighted by molar-refractivity contribution is 9.10. The highest BCUT2D eigenvalue weighted by Gasteiger charge is 2.07. The Morgan fingerprint density at radius 2 is 1.96 bits per heavy atom. The first-order chi connectivity index (χ1) is 11.3. The molecule has 0 spiro atoms. The molecule has 0 aliphatic carbocycles. The highest BCUT2D eigenvalue weighted by Crippen LogP contribution is 2.25. The molecule has 2 N–H and O–H groups in total. The van der Waals surface area contributed by atoms with Gasteiger partial charge in [-0.1, -0.05) is 17.7 Å². The second kappa shape index (κ2) is 8.70. The van der Waals surface area contributed by atoms with Gasteiger partial charge in [0.2, 0.25) is 0 Å². The fourth-order valence-corrected chi connectivity index (χ4v) is 2.78. The average molecular weight is 428 g/mol. The first-order valence-corrected chi connectivity index (χ1v) is 9.15. The van der Waals surface area contributed by atoms with Crippen molar-refractivity contribution in [1.82, 2.24) is 5.32 Å². The van der Waals surface area contributed by atoms with Crippen molar-refractivity contribution in [3.63, 3.8) is 0 Å². The molecule has 24 heavy (non-hydrogen) atoms. The predicted octanol–water partition coefficient (Wildman–Crippen LogP) is 5.47. The van der Waals surface area contributed by atoms with Gasteiger partial charge in [-0.15, -0.1) is 0 Å². The highest BCUT2D eigenvalue weighted by atomic mass is 79.9. The van der Waals surface area contributed by atoms with Crippen molar-refractivity contribution >= 4 is 50.5 Å². The molecule has 0 saturated carbocycles. The summed E-state index contributed by atoms with van der Waals surface area (Å²) >= 11 is 14.8. The van der Waals surface area contributed by atoms with E-state index in [1.165, 1.54) is 11.1 Å². The van der Waals surface area contributed by atoms with Crippen LogP contribution in [0.3, 0.4) is 0 Å². The Labute approximate surface area is 161 Å². The van der Waals surface area contributed by atoms with E-state index < -0.39 is 0 Å². The minimum Gasteiger partial charge on any atom is -0.491 e. The summed E-state index contributed by atoms with van der Waals surface area (Å²) in [6.07, 6.45) is 0. The summed E-state index contributed by atoms with van der Waals surface area (Å²) in [7, 11) is 0. The van der Waals surface area contributed by atoms with Crippen LogP contribution < -0.4 is 15.4 Å². The van der Waals surface area contributed by atoms with Gasteiger partial charge in [0.15, 0.2) is 5.11 Å². The molecule has 0 aliphatic heterocycles. The summed E-state index contributed by atoms with van der Waals surface area (Å²) in [4.78, 5) is 0. The van der Waals surface area contributed by atoms with Crippen LogP contribution in [-0.4, -0.2) is 17.8 Å². The first-order valence-electron chi connectivity index (χ1n) is 7.58. The van der Waals surface area contributed by atoms with E-state index in [0.29, 0.717) is 16.7 Å². The first kappa shape index (κ1) is 19.0. The van der Waals surface area contributed by atoms with Crippen molar-refractivity contribution in [1.29, 1.82) is 0 Å². The minimum atomic E-state index is 0.0672. The van der Waals surface area contributed by atoms with Gasteiger partial charge >= 0.3 is 0 Å². The van der Waals surface area contributed by atoms with Gasteiger partial charge in [-0.05, 0) is 90.4 Å². The molecule has 0 fully saturated rings. The number of aryl methyl sites for hydroxylation is 2. The maximum atomic E-state index is 6.07. The van der Waals surface area contributed by atoms with Crippen molar-refractivity contribution in [2.75, 3.05) is 11.9 Å². The molecule has 1 atom stereocenters. The zero-order valence-electron chi connectivity index (χ0n) is 13.8. The Bertz CT molecular complexity index is 739. The van der Waals surface area contributed by atoms with Crippen molar-refractivity contribution < 1.29 is 4.74 Å². The van der Waals surface area contributed by atoms with E-state index in [0.717, 1.165) is 15.9 Å². The maximum Gasteiger partial charge on any atom is 0.171 e. The zero-order valence-corrected chi connectivity index (χ0v) is 17.0. The molecular weight excluding hydrogens is 408 g/mol. The smallest absolute Gasteiger partial charge is 0.171 e. The van der Waals surface area contributed by atoms with Crippen LogP contribution in [0, 0.1) is 13.8 Å². The van der Waals surface area contributed by atoms with Crippen molar-refractivity contribution in [2.24, 2.45) is 0 Å². The number of anilines is 1. The topological polar surface area (TPSA) is 33.3 Å². The number of halogens is 2. The van der Waals surface area contributed by atoms with Gasteiger partial charge < -0.3 is 15.4 Å². The molecule has 0 aliphatic rings. The number of nitrogens with one attached hydrogen (secondary N) is 2. The molecule has 2 aromatic rings. The van der Waals surface area contributed by atoms with E-state index in [1.807, 2.05) is 37.3 Å². The van der Waals surface area contributed by atoms with Gasteiger partial charge in [0.25, 0.3) is 0 Å². The molecule has 128 valence electrons. The van der Waals surface area contributed by atoms with Gasteiger partial charge in [0, 0.05) is 10.2 Å². The maximum absolute atomic E-state index is 6.07. The van der Waals surface area contributed by atoms with Crippen molar-refractivity contribution in [2.45, 2.75) is 26.8 Å². The molecule has 0 aromatic heterocycles. The zero-order chi connectivity index (χ0) is 17.7. The molecule has 0 radical (unpaired) electrons. The number of ether oxygens (including phenoxy) is 1. The van der Waals surface area contributed by atoms with Gasteiger partial charge in [0.05, 0.1) is 11.1 Å². The van der Waals surface area contributed by atoms with Gasteiger partial charge in [-0.3, -0.25) is 0 Å². The molecule has 0 unspecified atom stereocenters. The third-order valence-electron chi connectivity index (χ3n) is 3.53. The van der Waals surface area contributed by atoms with Crippen LogP contribution in [0.4, 0.5) is 5.69 Å². The molecule has 0 heterocycles. The molecule has 2 rings (SSSR count). The summed E-state index contributed by atoms with van der Waals surface area (Å²) < 4.78 is 6.66. The third-order valence-corrected chi connectivity index (χ3v) is 4.99. The minimum absolute atomic E-state index is 0.0672. The normalized spacial score (nSPS) is 11.7. The SMILES string of the molecule is Cc1ccc(OC[C@@H](C)NC(=S)Nc2ccc(Br)c(Cl)c2)cc1C. The predicted molar refractivity (Wildman–Crippen MR) is 109 cm³/mol. The Morgan fingerprint density at radius 3 is 2.62 bits per heavy atom. The average Bonchev–Trinajstić information content (AvgIpc) is 2.52. The van der Waals surface area contributed by atoms with Gasteiger partial charge in [-0.25, -0.2) is 0 Å². The number of hydrogen-bond acceptors (Lipinski definition) is 2. The van der Waals surface area contributed by atoms with Gasteiger partial charge in [-0.2, -0.15) is 0 Å². The fraction of sp³-hybridized carbons (Fsp3) is 0.278. The van der Waals surface area contributed by atoms with E-state index in [2.05, 4.69) is 46.5 Å². The van der Waals surface area contributed by atoms with Crippen LogP contribution >= 0.6 is 39.7 Å². The second-order valence-electron chi connectivity index (χ2n) is 5.69. The summed E-state index contributed by atoms with van der Waals surface area (Å²) in [6.45, 7) is 6.70. The lowest BCUT2D eigenvalue weighted by Crippen LogP contribution is -2.39. The van der Waals surface area contributed by atoms with Crippen LogP contribution in [0.15, 0.2) is 40.9 Å². The van der Waals surface area contributed by atoms with E-state index in [1.54, 1.807) is 0 Å². The van der Waals surface area contributed by atoms with Crippen LogP contribution in [0.2, 0.25) is 5.02 Å². The lowest BCUT2D eigenvalue weighted by atomic mass is 10.1. The number of benzene rings is 2. The van der Waals surface area contributed by atoms with Gasteiger partial charge in [0.1, 0.15) is 12.4 Å². The summed E-state index contributed by atoms with van der Waals surface area (Å²) in [5.41, 5.74) is 3.31. The lowest BCUT2D eigenvalue weighted by Gasteiger charge is -2.18. The van der Waals surface area contributed by atoms with E-state index in [4.69, 9.17) is 28.6 Å². The molecule has 6 heteroatoms. The molecule has 2 aromatic carbocycles. The Hall–Kier alpha value is -1.30. The molecular formula is C18H20BrClN2OS. The van der Waals surface area contributed by atoms with E-state index >= 15 is 0 Å². The second-order valence-corrected chi connectivity index (χ2v) is 7.36. The Morgan fingerprint density at radius 1 is 1.21 bits per heavy atom. The van der Waals surface area contributed by atoms with E-state index in [9.17, 15) is 0 Å². The Balaban J connectivity index is 1.82. The van der Waals surface area contributed by atoms with Crippen LogP contribution in [0.1, 0.15) is 18.1 Å². The molecule has 0 amide bonds. The van der Waals surface area contributed by atoms with Crippen molar-refractivity contribution in [3.8, 4) is 5.75 Å². The van der Waals surface area contributed by atoms with Crippen LogP contribution in [-0.2, 0) is 0 Å². The largest absolute Gasteiger partial charge is 0.491 e. The number of hydrogen-bond donors (Lipinski definition) is 2. The quantitative estimate of drug-likeness (QED) is 0.620. The van der Waals surface area contributed by atoms with Crippen LogP contribution in [0.25, 0.3) is 0 Å². The molecule has 3 nitrogen and oxygen atoms in total. The van der Waals surface area contributed by atoms with E-state index in [-0.39, 0.29) is 6.04 Å². The summed E-state index contributed by atoms with van der Waals surface area (Å²) in [5, 5.41) is 7.48. The Kier molecular flexibility index (Phi) is 6.90. The molecule has 0 bridgehead atoms. The summed E-state index contributed by atoms with van der Waals surface area (Å²) in [5.74, 6) is 0.866. The van der Waals surface area contributed by atoms with Crippen LogP contribution in [0.5, 0.6) is 5.75 Å². The lowest BCUT2D eigenvalue weighted by molar-refractivity contribution is 0.287. The summed E-state index contributed by atoms with van der Waals surface area (Å²) in [6, 6.07) is 11.7. The standard InChI is InChI=1S/C18H20BrClN2OS/c1-11-4-6-15(8-12(11)2)23-10-13(3)21-18(24)22-14-5-7-16(19)17(20)9-14/h4-9,13H,10H2,1-3H3,(H2,21,22,24)/t13-/m1/s1. The number of rotatable bonds is 5. The monoisotopic (exact) mass is 426 g/mol. The number of thiocarbonyl (C=S) groups is 1. The fourth-order valence-electron chi connectivity index (χ4n) is 2.03. The van der Waals surface area contributed by atoms with Crippen molar-refractivity contribution in [3.05, 3.63) is 57.0 Å². The third kappa shape index (κ3) is 5.65. The molecule has 0 saturated heterocycles.